The van der Waals surface area contributed by atoms with Crippen LogP contribution in [-0.2, 0) is 4.79 Å². The van der Waals surface area contributed by atoms with Gasteiger partial charge in [-0.3, -0.25) is 9.59 Å². The number of amides is 2. The standard InChI is InChI=1S/C24H24N2O2/c1-18(25-24(28)21-15-9-4-10-16-21)17-22(27)26-23(19-11-5-2-6-12-19)20-13-7-3-8-14-20/h2-16,18,23H,17H2,1H3,(H,25,28)(H,26,27). The summed E-state index contributed by atoms with van der Waals surface area (Å²) in [6, 6.07) is 28.2. The highest BCUT2D eigenvalue weighted by Crippen LogP contribution is 2.21. The Labute approximate surface area is 165 Å². The van der Waals surface area contributed by atoms with E-state index in [1.54, 1.807) is 12.1 Å². The molecule has 3 aromatic rings. The maximum absolute atomic E-state index is 12.7. The number of hydrogen-bond donors (Lipinski definition) is 2. The van der Waals surface area contributed by atoms with E-state index in [9.17, 15) is 9.59 Å². The van der Waals surface area contributed by atoms with Gasteiger partial charge in [-0.2, -0.15) is 0 Å². The van der Waals surface area contributed by atoms with Crippen molar-refractivity contribution in [3.63, 3.8) is 0 Å². The molecule has 0 heterocycles. The summed E-state index contributed by atoms with van der Waals surface area (Å²) in [7, 11) is 0. The van der Waals surface area contributed by atoms with Crippen LogP contribution in [0.15, 0.2) is 91.0 Å². The molecule has 0 radical (unpaired) electrons. The van der Waals surface area contributed by atoms with Gasteiger partial charge in [0.2, 0.25) is 5.91 Å². The Morgan fingerprint density at radius 3 is 1.68 bits per heavy atom. The molecule has 0 fully saturated rings. The summed E-state index contributed by atoms with van der Waals surface area (Å²) >= 11 is 0. The van der Waals surface area contributed by atoms with E-state index in [-0.39, 0.29) is 30.3 Å². The molecule has 0 bridgehead atoms. The zero-order valence-corrected chi connectivity index (χ0v) is 15.8. The van der Waals surface area contributed by atoms with Crippen LogP contribution in [0.5, 0.6) is 0 Å². The maximum atomic E-state index is 12.7. The third kappa shape index (κ3) is 5.30. The third-order valence-corrected chi connectivity index (χ3v) is 4.48. The summed E-state index contributed by atoms with van der Waals surface area (Å²) in [5.41, 5.74) is 2.62. The fraction of sp³-hybridized carbons (Fsp3) is 0.167. The molecule has 1 unspecified atom stereocenters. The molecule has 2 N–H and O–H groups in total. The summed E-state index contributed by atoms with van der Waals surface area (Å²) in [4.78, 5) is 24.9. The number of benzene rings is 3. The van der Waals surface area contributed by atoms with E-state index in [0.29, 0.717) is 5.56 Å². The van der Waals surface area contributed by atoms with Crippen molar-refractivity contribution in [3.8, 4) is 0 Å². The van der Waals surface area contributed by atoms with Crippen LogP contribution in [0.1, 0.15) is 40.9 Å². The molecule has 3 rings (SSSR count). The second-order valence-electron chi connectivity index (χ2n) is 6.77. The predicted octanol–water partition coefficient (Wildman–Crippen LogP) is 4.10. The van der Waals surface area contributed by atoms with Crippen LogP contribution in [0, 0.1) is 0 Å². The van der Waals surface area contributed by atoms with Crippen molar-refractivity contribution in [3.05, 3.63) is 108 Å². The van der Waals surface area contributed by atoms with Gasteiger partial charge in [0.25, 0.3) is 5.91 Å². The van der Waals surface area contributed by atoms with Crippen molar-refractivity contribution in [2.24, 2.45) is 0 Å². The maximum Gasteiger partial charge on any atom is 0.251 e. The van der Waals surface area contributed by atoms with Crippen molar-refractivity contribution >= 4 is 11.8 Å². The first-order chi connectivity index (χ1) is 13.6. The minimum Gasteiger partial charge on any atom is -0.349 e. The highest BCUT2D eigenvalue weighted by Gasteiger charge is 2.19. The van der Waals surface area contributed by atoms with Gasteiger partial charge in [0.15, 0.2) is 0 Å². The van der Waals surface area contributed by atoms with E-state index < -0.39 is 0 Å². The van der Waals surface area contributed by atoms with Crippen molar-refractivity contribution in [2.75, 3.05) is 0 Å². The molecule has 142 valence electrons. The van der Waals surface area contributed by atoms with E-state index in [1.165, 1.54) is 0 Å². The topological polar surface area (TPSA) is 58.2 Å². The Kier molecular flexibility index (Phi) is 6.58. The van der Waals surface area contributed by atoms with Crippen molar-refractivity contribution in [2.45, 2.75) is 25.4 Å². The highest BCUT2D eigenvalue weighted by atomic mass is 16.2. The Morgan fingerprint density at radius 1 is 0.714 bits per heavy atom. The Hall–Kier alpha value is -3.40. The summed E-state index contributed by atoms with van der Waals surface area (Å²) in [5.74, 6) is -0.290. The van der Waals surface area contributed by atoms with E-state index in [0.717, 1.165) is 11.1 Å². The lowest BCUT2D eigenvalue weighted by atomic mass is 9.98. The van der Waals surface area contributed by atoms with Crippen LogP contribution in [-0.4, -0.2) is 17.9 Å². The second kappa shape index (κ2) is 9.51. The SMILES string of the molecule is CC(CC(=O)NC(c1ccccc1)c1ccccc1)NC(=O)c1ccccc1. The quantitative estimate of drug-likeness (QED) is 0.656. The summed E-state index contributed by atoms with van der Waals surface area (Å²) in [6.45, 7) is 1.83. The largest absolute Gasteiger partial charge is 0.349 e. The average Bonchev–Trinajstić information content (AvgIpc) is 2.74. The van der Waals surface area contributed by atoms with E-state index in [1.807, 2.05) is 85.8 Å². The zero-order valence-electron chi connectivity index (χ0n) is 15.8. The van der Waals surface area contributed by atoms with Crippen LogP contribution >= 0.6 is 0 Å². The fourth-order valence-corrected chi connectivity index (χ4v) is 3.10. The van der Waals surface area contributed by atoms with E-state index in [4.69, 9.17) is 0 Å². The van der Waals surface area contributed by atoms with Crippen LogP contribution < -0.4 is 10.6 Å². The zero-order chi connectivity index (χ0) is 19.8. The number of nitrogens with one attached hydrogen (secondary N) is 2. The van der Waals surface area contributed by atoms with Gasteiger partial charge in [-0.05, 0) is 30.2 Å². The fourth-order valence-electron chi connectivity index (χ4n) is 3.10. The predicted molar refractivity (Wildman–Crippen MR) is 111 cm³/mol. The first kappa shape index (κ1) is 19.4. The van der Waals surface area contributed by atoms with Crippen LogP contribution in [0.4, 0.5) is 0 Å². The van der Waals surface area contributed by atoms with Gasteiger partial charge in [-0.15, -0.1) is 0 Å². The lowest BCUT2D eigenvalue weighted by molar-refractivity contribution is -0.121. The molecule has 0 aliphatic carbocycles. The number of hydrogen-bond acceptors (Lipinski definition) is 2. The monoisotopic (exact) mass is 372 g/mol. The van der Waals surface area contributed by atoms with Crippen molar-refractivity contribution in [1.82, 2.24) is 10.6 Å². The molecule has 0 saturated heterocycles. The number of carbonyl (C=O) groups excluding carboxylic acids is 2. The smallest absolute Gasteiger partial charge is 0.251 e. The molecule has 0 aliphatic rings. The number of carbonyl (C=O) groups is 2. The molecule has 0 aliphatic heterocycles. The molecule has 4 heteroatoms. The molecule has 3 aromatic carbocycles. The summed E-state index contributed by atoms with van der Waals surface area (Å²) in [5, 5.41) is 5.98. The molecule has 28 heavy (non-hydrogen) atoms. The molecule has 0 saturated carbocycles. The molecule has 4 nitrogen and oxygen atoms in total. The summed E-state index contributed by atoms with van der Waals surface area (Å²) < 4.78 is 0. The van der Waals surface area contributed by atoms with Gasteiger partial charge in [0, 0.05) is 18.0 Å². The van der Waals surface area contributed by atoms with Gasteiger partial charge in [0.05, 0.1) is 6.04 Å². The summed E-state index contributed by atoms with van der Waals surface area (Å²) in [6.07, 6.45) is 0.203. The van der Waals surface area contributed by atoms with Crippen LogP contribution in [0.25, 0.3) is 0 Å². The average molecular weight is 372 g/mol. The molecule has 0 aromatic heterocycles. The minimum absolute atomic E-state index is 0.112. The van der Waals surface area contributed by atoms with Crippen molar-refractivity contribution in [1.29, 1.82) is 0 Å². The Bertz CT molecular complexity index is 856. The molecular formula is C24H24N2O2. The lowest BCUT2D eigenvalue weighted by Gasteiger charge is -2.21. The van der Waals surface area contributed by atoms with Gasteiger partial charge in [0.1, 0.15) is 0 Å². The van der Waals surface area contributed by atoms with Crippen LogP contribution in [0.3, 0.4) is 0 Å². The molecule has 1 atom stereocenters. The third-order valence-electron chi connectivity index (χ3n) is 4.48. The molecule has 2 amide bonds. The van der Waals surface area contributed by atoms with Gasteiger partial charge in [-0.1, -0.05) is 78.9 Å². The highest BCUT2D eigenvalue weighted by molar-refractivity contribution is 5.94. The second-order valence-corrected chi connectivity index (χ2v) is 6.77. The number of rotatable bonds is 7. The van der Waals surface area contributed by atoms with E-state index in [2.05, 4.69) is 10.6 Å². The minimum atomic E-state index is -0.278. The van der Waals surface area contributed by atoms with Crippen molar-refractivity contribution < 1.29 is 9.59 Å². The first-order valence-electron chi connectivity index (χ1n) is 9.38. The van der Waals surface area contributed by atoms with E-state index >= 15 is 0 Å². The molecular weight excluding hydrogens is 348 g/mol. The van der Waals surface area contributed by atoms with Gasteiger partial charge in [-0.25, -0.2) is 0 Å². The van der Waals surface area contributed by atoms with Crippen LogP contribution in [0.2, 0.25) is 0 Å². The Morgan fingerprint density at radius 2 is 1.18 bits per heavy atom. The van der Waals surface area contributed by atoms with Gasteiger partial charge < -0.3 is 10.6 Å². The Balaban J connectivity index is 1.64. The van der Waals surface area contributed by atoms with Gasteiger partial charge >= 0.3 is 0 Å². The normalized spacial score (nSPS) is 11.6. The lowest BCUT2D eigenvalue weighted by Crippen LogP contribution is -2.38. The molecule has 0 spiro atoms. The first-order valence-corrected chi connectivity index (χ1v) is 9.38.